The highest BCUT2D eigenvalue weighted by Gasteiger charge is 2.12. The molecule has 0 radical (unpaired) electrons. The smallest absolute Gasteiger partial charge is 0.0175 e. The van der Waals surface area contributed by atoms with Crippen LogP contribution in [-0.4, -0.2) is 24.5 Å². The first-order valence-electron chi connectivity index (χ1n) is 7.31. The number of hydrogen-bond acceptors (Lipinski definition) is 1. The van der Waals surface area contributed by atoms with Crippen LogP contribution >= 0.6 is 15.9 Å². The molecule has 0 atom stereocenters. The SMILES string of the molecule is CC(C)CN1CCCC(=Cc2ccc(Br)cc2)CC1. The monoisotopic (exact) mass is 321 g/mol. The number of likely N-dealkylation sites (tertiary alicyclic amines) is 1. The van der Waals surface area contributed by atoms with Gasteiger partial charge in [-0.05, 0) is 49.4 Å². The fourth-order valence-corrected chi connectivity index (χ4v) is 2.97. The van der Waals surface area contributed by atoms with Gasteiger partial charge in [0.1, 0.15) is 0 Å². The lowest BCUT2D eigenvalue weighted by Gasteiger charge is -2.21. The minimum atomic E-state index is 0.775. The lowest BCUT2D eigenvalue weighted by atomic mass is 10.0. The number of hydrogen-bond donors (Lipinski definition) is 0. The molecular weight excluding hydrogens is 298 g/mol. The van der Waals surface area contributed by atoms with Crippen LogP contribution in [0, 0.1) is 5.92 Å². The van der Waals surface area contributed by atoms with Crippen LogP contribution in [0.4, 0.5) is 0 Å². The lowest BCUT2D eigenvalue weighted by Crippen LogP contribution is -2.28. The minimum absolute atomic E-state index is 0.775. The Morgan fingerprint density at radius 1 is 1.16 bits per heavy atom. The second-order valence-electron chi connectivity index (χ2n) is 5.90. The third-order valence-electron chi connectivity index (χ3n) is 3.59. The van der Waals surface area contributed by atoms with Gasteiger partial charge in [0.05, 0.1) is 0 Å². The Morgan fingerprint density at radius 2 is 1.89 bits per heavy atom. The zero-order valence-corrected chi connectivity index (χ0v) is 13.6. The van der Waals surface area contributed by atoms with Gasteiger partial charge in [0.25, 0.3) is 0 Å². The normalized spacial score (nSPS) is 19.9. The van der Waals surface area contributed by atoms with Crippen molar-refractivity contribution in [1.29, 1.82) is 0 Å². The highest BCUT2D eigenvalue weighted by Crippen LogP contribution is 2.21. The second kappa shape index (κ2) is 7.25. The molecule has 0 unspecified atom stereocenters. The molecule has 1 fully saturated rings. The summed E-state index contributed by atoms with van der Waals surface area (Å²) >= 11 is 3.49. The van der Waals surface area contributed by atoms with E-state index in [1.807, 2.05) is 0 Å². The van der Waals surface area contributed by atoms with Crippen LogP contribution in [0.15, 0.2) is 34.3 Å². The van der Waals surface area contributed by atoms with E-state index in [1.54, 1.807) is 5.57 Å². The Labute approximate surface area is 125 Å². The second-order valence-corrected chi connectivity index (χ2v) is 6.82. The Bertz CT molecular complexity index is 419. The molecule has 1 aliphatic rings. The molecule has 0 aliphatic carbocycles. The van der Waals surface area contributed by atoms with Crippen molar-refractivity contribution in [1.82, 2.24) is 4.90 Å². The molecule has 2 heteroatoms. The topological polar surface area (TPSA) is 3.24 Å². The summed E-state index contributed by atoms with van der Waals surface area (Å²) < 4.78 is 1.15. The maximum atomic E-state index is 3.49. The highest BCUT2D eigenvalue weighted by molar-refractivity contribution is 9.10. The van der Waals surface area contributed by atoms with E-state index in [1.165, 1.54) is 44.5 Å². The summed E-state index contributed by atoms with van der Waals surface area (Å²) in [4.78, 5) is 2.62. The first-order chi connectivity index (χ1) is 9.13. The van der Waals surface area contributed by atoms with Gasteiger partial charge in [-0.3, -0.25) is 0 Å². The van der Waals surface area contributed by atoms with Crippen molar-refractivity contribution >= 4 is 22.0 Å². The molecule has 1 aromatic rings. The molecule has 0 amide bonds. The maximum absolute atomic E-state index is 3.49. The Kier molecular flexibility index (Phi) is 5.65. The van der Waals surface area contributed by atoms with Crippen LogP contribution in [0.5, 0.6) is 0 Å². The molecular formula is C17H24BrN. The number of benzene rings is 1. The molecule has 1 saturated heterocycles. The number of halogens is 1. The van der Waals surface area contributed by atoms with Gasteiger partial charge in [-0.25, -0.2) is 0 Å². The Morgan fingerprint density at radius 3 is 2.58 bits per heavy atom. The summed E-state index contributed by atoms with van der Waals surface area (Å²) in [5, 5.41) is 0. The van der Waals surface area contributed by atoms with Crippen LogP contribution in [-0.2, 0) is 0 Å². The van der Waals surface area contributed by atoms with Crippen LogP contribution in [0.1, 0.15) is 38.7 Å². The highest BCUT2D eigenvalue weighted by atomic mass is 79.9. The molecule has 0 aromatic heterocycles. The predicted octanol–water partition coefficient (Wildman–Crippen LogP) is 4.97. The number of nitrogens with zero attached hydrogens (tertiary/aromatic N) is 1. The quantitative estimate of drug-likeness (QED) is 0.759. The molecule has 0 N–H and O–H groups in total. The van der Waals surface area contributed by atoms with Crippen molar-refractivity contribution in [3.63, 3.8) is 0 Å². The largest absolute Gasteiger partial charge is 0.303 e. The summed E-state index contributed by atoms with van der Waals surface area (Å²) in [5.41, 5.74) is 2.93. The Balaban J connectivity index is 1.96. The minimum Gasteiger partial charge on any atom is -0.303 e. The van der Waals surface area contributed by atoms with E-state index in [9.17, 15) is 0 Å². The molecule has 0 bridgehead atoms. The Hall–Kier alpha value is -0.600. The van der Waals surface area contributed by atoms with E-state index in [-0.39, 0.29) is 0 Å². The zero-order valence-electron chi connectivity index (χ0n) is 12.0. The van der Waals surface area contributed by atoms with Gasteiger partial charge < -0.3 is 4.90 Å². The first kappa shape index (κ1) is 14.8. The van der Waals surface area contributed by atoms with E-state index in [4.69, 9.17) is 0 Å². The summed E-state index contributed by atoms with van der Waals surface area (Å²) in [6, 6.07) is 8.62. The van der Waals surface area contributed by atoms with Crippen molar-refractivity contribution in [3.8, 4) is 0 Å². The fourth-order valence-electron chi connectivity index (χ4n) is 2.71. The summed E-state index contributed by atoms with van der Waals surface area (Å²) in [7, 11) is 0. The fraction of sp³-hybridized carbons (Fsp3) is 0.529. The van der Waals surface area contributed by atoms with Crippen molar-refractivity contribution in [2.75, 3.05) is 19.6 Å². The summed E-state index contributed by atoms with van der Waals surface area (Å²) in [5.74, 6) is 0.775. The average Bonchev–Trinajstić information content (AvgIpc) is 2.57. The van der Waals surface area contributed by atoms with Crippen LogP contribution in [0.2, 0.25) is 0 Å². The van der Waals surface area contributed by atoms with Crippen molar-refractivity contribution in [2.45, 2.75) is 33.1 Å². The first-order valence-corrected chi connectivity index (χ1v) is 8.10. The molecule has 19 heavy (non-hydrogen) atoms. The maximum Gasteiger partial charge on any atom is 0.0175 e. The standard InChI is InChI=1S/C17H24BrN/c1-14(2)13-19-10-3-4-15(9-11-19)12-16-5-7-17(18)8-6-16/h5-8,12,14H,3-4,9-11,13H2,1-2H3. The summed E-state index contributed by atoms with van der Waals surface area (Å²) in [6.07, 6.45) is 6.16. The van der Waals surface area contributed by atoms with Crippen molar-refractivity contribution in [2.24, 2.45) is 5.92 Å². The van der Waals surface area contributed by atoms with Gasteiger partial charge in [-0.1, -0.05) is 53.6 Å². The van der Waals surface area contributed by atoms with Crippen molar-refractivity contribution < 1.29 is 0 Å². The zero-order chi connectivity index (χ0) is 13.7. The van der Waals surface area contributed by atoms with Crippen LogP contribution in [0.3, 0.4) is 0 Å². The third-order valence-corrected chi connectivity index (χ3v) is 4.11. The molecule has 1 aliphatic heterocycles. The molecule has 1 heterocycles. The lowest BCUT2D eigenvalue weighted by molar-refractivity contribution is 0.255. The van der Waals surface area contributed by atoms with Gasteiger partial charge in [0, 0.05) is 17.6 Å². The molecule has 1 aromatic carbocycles. The summed E-state index contributed by atoms with van der Waals surface area (Å²) in [6.45, 7) is 8.34. The van der Waals surface area contributed by atoms with E-state index < -0.39 is 0 Å². The molecule has 0 saturated carbocycles. The molecule has 2 rings (SSSR count). The predicted molar refractivity (Wildman–Crippen MR) is 87.2 cm³/mol. The van der Waals surface area contributed by atoms with Crippen LogP contribution in [0.25, 0.3) is 6.08 Å². The van der Waals surface area contributed by atoms with Gasteiger partial charge >= 0.3 is 0 Å². The third kappa shape index (κ3) is 5.12. The van der Waals surface area contributed by atoms with Gasteiger partial charge in [0.15, 0.2) is 0 Å². The molecule has 0 spiro atoms. The van der Waals surface area contributed by atoms with Gasteiger partial charge in [0.2, 0.25) is 0 Å². The van der Waals surface area contributed by atoms with Crippen molar-refractivity contribution in [3.05, 3.63) is 39.9 Å². The molecule has 1 nitrogen and oxygen atoms in total. The average molecular weight is 322 g/mol. The van der Waals surface area contributed by atoms with E-state index >= 15 is 0 Å². The van der Waals surface area contributed by atoms with E-state index in [0.29, 0.717) is 0 Å². The number of rotatable bonds is 3. The van der Waals surface area contributed by atoms with Crippen LogP contribution < -0.4 is 0 Å². The van der Waals surface area contributed by atoms with Gasteiger partial charge in [-0.2, -0.15) is 0 Å². The van der Waals surface area contributed by atoms with E-state index in [0.717, 1.165) is 10.4 Å². The van der Waals surface area contributed by atoms with E-state index in [2.05, 4.69) is 65.0 Å². The van der Waals surface area contributed by atoms with Gasteiger partial charge in [-0.15, -0.1) is 0 Å². The molecule has 104 valence electrons.